The molecule has 1 aromatic carbocycles. The first kappa shape index (κ1) is 14.3. The largest absolute Gasteiger partial charge is 0.398 e. The summed E-state index contributed by atoms with van der Waals surface area (Å²) in [5.41, 5.74) is 10.9. The van der Waals surface area contributed by atoms with Gasteiger partial charge in [0, 0.05) is 61.4 Å². The minimum Gasteiger partial charge on any atom is -0.398 e. The number of amides is 1. The molecule has 0 spiro atoms. The van der Waals surface area contributed by atoms with Crippen molar-refractivity contribution in [3.8, 4) is 0 Å². The molecule has 0 bridgehead atoms. The van der Waals surface area contributed by atoms with Crippen molar-refractivity contribution in [2.45, 2.75) is 13.3 Å². The molecule has 0 aliphatic carbocycles. The van der Waals surface area contributed by atoms with E-state index in [0.717, 1.165) is 34.2 Å². The molecule has 1 aromatic heterocycles. The summed E-state index contributed by atoms with van der Waals surface area (Å²) in [7, 11) is 1.77. The quantitative estimate of drug-likeness (QED) is 0.837. The Labute approximate surface area is 128 Å². The van der Waals surface area contributed by atoms with Gasteiger partial charge in [-0.2, -0.15) is 5.10 Å². The van der Waals surface area contributed by atoms with Gasteiger partial charge < -0.3 is 10.6 Å². The van der Waals surface area contributed by atoms with Crippen molar-refractivity contribution in [2.24, 2.45) is 10.7 Å². The predicted octanol–water partition coefficient (Wildman–Crippen LogP) is 1.56. The van der Waals surface area contributed by atoms with Gasteiger partial charge in [0.15, 0.2) is 0 Å². The molecule has 0 saturated carbocycles. The number of H-pyrrole nitrogens is 1. The summed E-state index contributed by atoms with van der Waals surface area (Å²) < 4.78 is 0. The zero-order valence-corrected chi connectivity index (χ0v) is 12.8. The van der Waals surface area contributed by atoms with E-state index in [1.807, 2.05) is 18.2 Å². The molecule has 0 atom stereocenters. The Hall–Kier alpha value is -2.63. The van der Waals surface area contributed by atoms with Gasteiger partial charge in [-0.1, -0.05) is 12.1 Å². The number of likely N-dealkylation sites (tertiary alicyclic amines) is 1. The normalized spacial score (nSPS) is 19.7. The summed E-state index contributed by atoms with van der Waals surface area (Å²) in [4.78, 5) is 17.8. The number of rotatable bonds is 1. The van der Waals surface area contributed by atoms with Crippen LogP contribution in [0, 0.1) is 0 Å². The number of hydrogen-bond donors (Lipinski definition) is 2. The van der Waals surface area contributed by atoms with Crippen LogP contribution >= 0.6 is 0 Å². The van der Waals surface area contributed by atoms with Gasteiger partial charge in [0.1, 0.15) is 0 Å². The number of aliphatic imine (C=N–C) groups is 1. The summed E-state index contributed by atoms with van der Waals surface area (Å²) in [6.45, 7) is 2.77. The Balaban J connectivity index is 2.12. The van der Waals surface area contributed by atoms with E-state index >= 15 is 0 Å². The number of aromatic nitrogens is 2. The van der Waals surface area contributed by atoms with Gasteiger partial charge in [-0.15, -0.1) is 0 Å². The smallest absolute Gasteiger partial charge is 0.219 e. The SMILES string of the molecule is CN=C1CCN(C(C)=O)CC1=C(N)c1cccc2[nH]ncc12. The molecule has 0 unspecified atom stereocenters. The van der Waals surface area contributed by atoms with E-state index in [0.29, 0.717) is 18.8 Å². The standard InChI is InChI=1S/C16H19N5O/c1-10(22)21-7-6-14(18-2)13(9-21)16(17)11-4-3-5-15-12(11)8-19-20-15/h3-5,8H,6-7,9,17H2,1-2H3,(H,19,20). The Morgan fingerprint density at radius 3 is 3.00 bits per heavy atom. The van der Waals surface area contributed by atoms with Gasteiger partial charge in [-0.05, 0) is 6.07 Å². The molecule has 1 saturated heterocycles. The van der Waals surface area contributed by atoms with Gasteiger partial charge in [0.05, 0.1) is 11.7 Å². The molecule has 0 radical (unpaired) electrons. The zero-order valence-electron chi connectivity index (χ0n) is 12.8. The fraction of sp³-hybridized carbons (Fsp3) is 0.312. The second-order valence-corrected chi connectivity index (χ2v) is 5.39. The summed E-state index contributed by atoms with van der Waals surface area (Å²) in [6.07, 6.45) is 2.50. The van der Waals surface area contributed by atoms with Crippen LogP contribution in [-0.2, 0) is 4.79 Å². The van der Waals surface area contributed by atoms with E-state index in [4.69, 9.17) is 5.73 Å². The molecule has 1 aliphatic heterocycles. The van der Waals surface area contributed by atoms with E-state index in [-0.39, 0.29) is 5.91 Å². The Bertz CT molecular complexity index is 787. The van der Waals surface area contributed by atoms with Crippen LogP contribution in [-0.4, -0.2) is 46.9 Å². The van der Waals surface area contributed by atoms with Gasteiger partial charge in [0.25, 0.3) is 0 Å². The fourth-order valence-corrected chi connectivity index (χ4v) is 2.87. The first-order chi connectivity index (χ1) is 10.6. The maximum absolute atomic E-state index is 11.7. The highest BCUT2D eigenvalue weighted by Gasteiger charge is 2.24. The van der Waals surface area contributed by atoms with Crippen LogP contribution in [0.5, 0.6) is 0 Å². The van der Waals surface area contributed by atoms with Gasteiger partial charge in [-0.25, -0.2) is 0 Å². The van der Waals surface area contributed by atoms with Crippen LogP contribution in [0.2, 0.25) is 0 Å². The first-order valence-electron chi connectivity index (χ1n) is 7.24. The predicted molar refractivity (Wildman–Crippen MR) is 87.4 cm³/mol. The van der Waals surface area contributed by atoms with Crippen LogP contribution in [0.1, 0.15) is 18.9 Å². The van der Waals surface area contributed by atoms with Crippen molar-refractivity contribution >= 4 is 28.2 Å². The highest BCUT2D eigenvalue weighted by atomic mass is 16.2. The van der Waals surface area contributed by atoms with E-state index < -0.39 is 0 Å². The van der Waals surface area contributed by atoms with Crippen LogP contribution in [0.4, 0.5) is 0 Å². The molecule has 6 nitrogen and oxygen atoms in total. The average Bonchev–Trinajstić information content (AvgIpc) is 3.02. The molecule has 2 aromatic rings. The number of nitrogens with two attached hydrogens (primary N) is 1. The minimum absolute atomic E-state index is 0.0574. The Morgan fingerprint density at radius 1 is 1.45 bits per heavy atom. The van der Waals surface area contributed by atoms with E-state index in [1.165, 1.54) is 0 Å². The zero-order chi connectivity index (χ0) is 15.7. The van der Waals surface area contributed by atoms with Crippen molar-refractivity contribution in [1.82, 2.24) is 15.1 Å². The number of carbonyl (C=O) groups excluding carboxylic acids is 1. The highest BCUT2D eigenvalue weighted by molar-refractivity contribution is 6.09. The van der Waals surface area contributed by atoms with E-state index in [1.54, 1.807) is 25.1 Å². The van der Waals surface area contributed by atoms with Gasteiger partial charge in [-0.3, -0.25) is 14.9 Å². The summed E-state index contributed by atoms with van der Waals surface area (Å²) in [5, 5.41) is 8.00. The number of piperidine rings is 1. The van der Waals surface area contributed by atoms with E-state index in [9.17, 15) is 4.79 Å². The molecule has 3 N–H and O–H groups in total. The molecule has 22 heavy (non-hydrogen) atoms. The molecule has 6 heteroatoms. The third-order valence-electron chi connectivity index (χ3n) is 4.13. The maximum atomic E-state index is 11.7. The summed E-state index contributed by atoms with van der Waals surface area (Å²) >= 11 is 0. The number of aromatic amines is 1. The van der Waals surface area contributed by atoms with Crippen LogP contribution in [0.15, 0.2) is 35.0 Å². The number of benzene rings is 1. The number of hydrogen-bond acceptors (Lipinski definition) is 4. The van der Waals surface area contributed by atoms with Gasteiger partial charge in [0.2, 0.25) is 5.91 Å². The summed E-state index contributed by atoms with van der Waals surface area (Å²) in [6, 6.07) is 5.87. The lowest BCUT2D eigenvalue weighted by atomic mass is 9.95. The topological polar surface area (TPSA) is 87.4 Å². The van der Waals surface area contributed by atoms with Crippen LogP contribution in [0.3, 0.4) is 0 Å². The lowest BCUT2D eigenvalue weighted by Gasteiger charge is -2.30. The molecule has 3 rings (SSSR count). The molecule has 2 heterocycles. The van der Waals surface area contributed by atoms with E-state index in [2.05, 4.69) is 15.2 Å². The Kier molecular flexibility index (Phi) is 3.66. The lowest BCUT2D eigenvalue weighted by molar-refractivity contribution is -0.128. The second kappa shape index (κ2) is 5.63. The Morgan fingerprint density at radius 2 is 2.27 bits per heavy atom. The third kappa shape index (κ3) is 2.36. The monoisotopic (exact) mass is 297 g/mol. The van der Waals surface area contributed by atoms with Crippen molar-refractivity contribution in [3.63, 3.8) is 0 Å². The van der Waals surface area contributed by atoms with Crippen LogP contribution < -0.4 is 5.73 Å². The van der Waals surface area contributed by atoms with Crippen molar-refractivity contribution in [1.29, 1.82) is 0 Å². The number of nitrogens with zero attached hydrogens (tertiary/aromatic N) is 3. The number of nitrogens with one attached hydrogen (secondary N) is 1. The third-order valence-corrected chi connectivity index (χ3v) is 4.13. The number of fused-ring (bicyclic) bond motifs is 1. The second-order valence-electron chi connectivity index (χ2n) is 5.39. The minimum atomic E-state index is 0.0574. The molecule has 1 aliphatic rings. The number of carbonyl (C=O) groups is 1. The maximum Gasteiger partial charge on any atom is 0.219 e. The highest BCUT2D eigenvalue weighted by Crippen LogP contribution is 2.26. The van der Waals surface area contributed by atoms with Crippen molar-refractivity contribution in [2.75, 3.05) is 20.1 Å². The molecule has 114 valence electrons. The van der Waals surface area contributed by atoms with Gasteiger partial charge >= 0.3 is 0 Å². The average molecular weight is 297 g/mol. The van der Waals surface area contributed by atoms with Crippen molar-refractivity contribution in [3.05, 3.63) is 35.5 Å². The lowest BCUT2D eigenvalue weighted by Crippen LogP contribution is -2.39. The molecule has 1 fully saturated rings. The molecule has 1 amide bonds. The summed E-state index contributed by atoms with van der Waals surface area (Å²) in [5.74, 6) is 0.0574. The molecular weight excluding hydrogens is 278 g/mol. The van der Waals surface area contributed by atoms with Crippen molar-refractivity contribution < 1.29 is 4.79 Å². The fourth-order valence-electron chi connectivity index (χ4n) is 2.87. The van der Waals surface area contributed by atoms with Crippen LogP contribution in [0.25, 0.3) is 16.6 Å². The first-order valence-corrected chi connectivity index (χ1v) is 7.24. The molecular formula is C16H19N5O.